The minimum Gasteiger partial charge on any atom is -0.494 e. The number of nitrogens with one attached hydrogen (secondary N) is 1. The average Bonchev–Trinajstić information content (AvgIpc) is 2.92. The number of ketones is 1. The molecular weight excluding hydrogens is 419 g/mol. The van der Waals surface area contributed by atoms with Crippen LogP contribution in [0.1, 0.15) is 38.6 Å². The first-order valence-corrected chi connectivity index (χ1v) is 9.60. The zero-order valence-corrected chi connectivity index (χ0v) is 18.1. The smallest absolute Gasteiger partial charge is 0.159 e. The molecule has 33 heavy (non-hydrogen) atoms. The summed E-state index contributed by atoms with van der Waals surface area (Å²) in [6.45, 7) is -7.44. The van der Waals surface area contributed by atoms with Crippen LogP contribution in [0.25, 0.3) is 10.9 Å². The molecule has 2 aromatic carbocycles. The largest absolute Gasteiger partial charge is 0.494 e. The zero-order valence-electron chi connectivity index (χ0n) is 29.1. The van der Waals surface area contributed by atoms with E-state index in [1.807, 2.05) is 6.07 Å². The molecule has 7 heteroatoms. The summed E-state index contributed by atoms with van der Waals surface area (Å²) in [5.74, 6) is -2.44. The predicted molar refractivity (Wildman–Crippen MR) is 128 cm³/mol. The Hall–Kier alpha value is -3.76. The number of nitrogens with zero attached hydrogens (tertiary/aromatic N) is 3. The number of anilines is 2. The number of hydrogen-bond acceptors (Lipinski definition) is 6. The summed E-state index contributed by atoms with van der Waals surface area (Å²) in [6.07, 6.45) is 1.16. The Morgan fingerprint density at radius 2 is 2.30 bits per heavy atom. The summed E-state index contributed by atoms with van der Waals surface area (Å²) in [5, 5.41) is 12.6. The van der Waals surface area contributed by atoms with E-state index in [9.17, 15) is 14.4 Å². The van der Waals surface area contributed by atoms with E-state index in [0.29, 0.717) is 0 Å². The first-order valence-electron chi connectivity index (χ1n) is 15.1. The summed E-state index contributed by atoms with van der Waals surface area (Å²) in [4.78, 5) is 18.3. The highest BCUT2D eigenvalue weighted by Gasteiger charge is 2.16. The van der Waals surface area contributed by atoms with Crippen molar-refractivity contribution in [3.63, 3.8) is 0 Å². The average molecular weight is 458 g/mol. The molecular formula is C26H27FN4O2. The number of rotatable bonds is 9. The zero-order chi connectivity index (χ0) is 33.5. The Kier molecular flexibility index (Phi) is 4.24. The van der Waals surface area contributed by atoms with Gasteiger partial charge in [0.25, 0.3) is 0 Å². The number of carbonyl (C=O) groups is 1. The van der Waals surface area contributed by atoms with Crippen molar-refractivity contribution in [1.29, 1.82) is 5.26 Å². The van der Waals surface area contributed by atoms with Crippen LogP contribution in [0.2, 0.25) is 0 Å². The van der Waals surface area contributed by atoms with Crippen molar-refractivity contribution in [3.05, 3.63) is 71.1 Å². The van der Waals surface area contributed by atoms with Gasteiger partial charge in [-0.2, -0.15) is 5.26 Å². The van der Waals surface area contributed by atoms with Crippen LogP contribution in [0.5, 0.6) is 5.75 Å². The summed E-state index contributed by atoms with van der Waals surface area (Å²) >= 11 is 0. The van der Waals surface area contributed by atoms with E-state index < -0.39 is 67.9 Å². The lowest BCUT2D eigenvalue weighted by molar-refractivity contribution is -0.114. The topological polar surface area (TPSA) is 78.3 Å². The van der Waals surface area contributed by atoms with Crippen LogP contribution < -0.4 is 10.1 Å². The number of hydrogen-bond donors (Lipinski definition) is 1. The van der Waals surface area contributed by atoms with Gasteiger partial charge in [-0.1, -0.05) is 6.08 Å². The van der Waals surface area contributed by atoms with Gasteiger partial charge in [0.1, 0.15) is 17.6 Å². The van der Waals surface area contributed by atoms with Gasteiger partial charge in [-0.15, -0.1) is 0 Å². The molecule has 0 amide bonds. The molecule has 0 radical (unpaired) electrons. The lowest BCUT2D eigenvalue weighted by Gasteiger charge is -2.15. The number of fused-ring (bicyclic) bond motifs is 1. The Morgan fingerprint density at radius 1 is 1.48 bits per heavy atom. The molecule has 0 spiro atoms. The van der Waals surface area contributed by atoms with Gasteiger partial charge in [-0.05, 0) is 63.7 Å². The number of nitriles is 1. The van der Waals surface area contributed by atoms with E-state index in [-0.39, 0.29) is 39.0 Å². The number of benzene rings is 2. The number of likely N-dealkylation sites (N-methyl/N-ethyl adjacent to an activating group) is 1. The summed E-state index contributed by atoms with van der Waals surface area (Å²) in [6, 6.07) is 1.55. The molecule has 3 aromatic rings. The predicted octanol–water partition coefficient (Wildman–Crippen LogP) is 4.93. The molecule has 1 aromatic heterocycles. The second-order valence-electron chi connectivity index (χ2n) is 7.07. The molecule has 3 rings (SSSR count). The van der Waals surface area contributed by atoms with Crippen molar-refractivity contribution >= 4 is 28.1 Å². The lowest BCUT2D eigenvalue weighted by atomic mass is 10.0. The van der Waals surface area contributed by atoms with Crippen LogP contribution in [-0.2, 0) is 11.2 Å². The fourth-order valence-electron chi connectivity index (χ4n) is 2.91. The third-order valence-electron chi connectivity index (χ3n) is 4.43. The van der Waals surface area contributed by atoms with Gasteiger partial charge in [0.05, 0.1) is 31.6 Å². The van der Waals surface area contributed by atoms with Gasteiger partial charge in [-0.3, -0.25) is 9.78 Å². The molecule has 0 unspecified atom stereocenters. The van der Waals surface area contributed by atoms with Crippen LogP contribution in [0.3, 0.4) is 0 Å². The second-order valence-corrected chi connectivity index (χ2v) is 7.07. The van der Waals surface area contributed by atoms with Crippen molar-refractivity contribution < 1.29 is 29.0 Å². The maximum absolute atomic E-state index is 14.3. The number of ether oxygens (including phenoxy) is 1. The van der Waals surface area contributed by atoms with Crippen molar-refractivity contribution in [3.8, 4) is 11.8 Å². The molecule has 0 bridgehead atoms. The van der Waals surface area contributed by atoms with Gasteiger partial charge in [-0.25, -0.2) is 4.39 Å². The van der Waals surface area contributed by atoms with E-state index >= 15 is 0 Å². The van der Waals surface area contributed by atoms with Crippen LogP contribution in [-0.4, -0.2) is 42.8 Å². The van der Waals surface area contributed by atoms with E-state index in [2.05, 4.69) is 10.3 Å². The van der Waals surface area contributed by atoms with Crippen molar-refractivity contribution in [1.82, 2.24) is 9.88 Å². The molecule has 170 valence electrons. The Morgan fingerprint density at radius 3 is 3.03 bits per heavy atom. The Labute approximate surface area is 208 Å². The molecule has 0 aliphatic carbocycles. The van der Waals surface area contributed by atoms with Gasteiger partial charge >= 0.3 is 0 Å². The highest BCUT2D eigenvalue weighted by Crippen LogP contribution is 2.34. The maximum atomic E-state index is 14.3. The highest BCUT2D eigenvalue weighted by molar-refractivity contribution is 5.98. The number of aromatic nitrogens is 1. The fraction of sp³-hybridized carbons (Fsp3) is 0.269. The number of carbonyl (C=O) groups excluding carboxylic acids is 1. The van der Waals surface area contributed by atoms with E-state index in [1.54, 1.807) is 0 Å². The molecule has 1 heterocycles. The van der Waals surface area contributed by atoms with Crippen molar-refractivity contribution in [2.45, 2.75) is 20.2 Å². The van der Waals surface area contributed by atoms with Crippen molar-refractivity contribution in [2.24, 2.45) is 0 Å². The molecule has 0 aliphatic heterocycles. The lowest BCUT2D eigenvalue weighted by Crippen LogP contribution is -2.11. The molecule has 0 saturated heterocycles. The van der Waals surface area contributed by atoms with Crippen LogP contribution in [0.15, 0.2) is 48.6 Å². The first-order chi connectivity index (χ1) is 20.1. The maximum Gasteiger partial charge on any atom is 0.159 e. The molecule has 0 fully saturated rings. The fourth-order valence-corrected chi connectivity index (χ4v) is 2.91. The van der Waals surface area contributed by atoms with Gasteiger partial charge in [0.2, 0.25) is 0 Å². The monoisotopic (exact) mass is 457 g/mol. The van der Waals surface area contributed by atoms with E-state index in [0.717, 1.165) is 23.2 Å². The third kappa shape index (κ3) is 5.93. The normalized spacial score (nSPS) is 17.6. The number of pyridine rings is 1. The number of allylic oxidation sites excluding steroid dienone is 1. The van der Waals surface area contributed by atoms with Crippen LogP contribution in [0.4, 0.5) is 15.8 Å². The van der Waals surface area contributed by atoms with Crippen molar-refractivity contribution in [2.75, 3.05) is 32.5 Å². The third-order valence-corrected chi connectivity index (χ3v) is 4.43. The molecule has 0 atom stereocenters. The summed E-state index contributed by atoms with van der Waals surface area (Å²) in [5.41, 5.74) is -0.910. The standard InChI is InChI=1S/C26H27FN4O2/c1-5-33-25-14-24-22(13-18(25)12-21(32)7-6-10-31(3)4)26(19(15-28)16-29-24)30-20-8-9-23(27)17(2)11-20/h6-9,11,13-14,16H,5,10,12H2,1-4H3,(H,29,30)/b7-6+/i1D3,5D2,7D,8D,9D,10D2,11D. The highest BCUT2D eigenvalue weighted by atomic mass is 19.1. The second kappa shape index (κ2) is 10.7. The van der Waals surface area contributed by atoms with E-state index in [4.69, 9.17) is 19.8 Å². The summed E-state index contributed by atoms with van der Waals surface area (Å²) < 4.78 is 106. The molecule has 1 N–H and O–H groups in total. The SMILES string of the molecule is [2H]/C(=C\C([2H])([2H])N(C)C)C(=O)Cc1cc2c(Nc3c([2H])c([2H])c(F)c(C)c3[2H])c(C#N)cnc2cc1OC([2H])([2H])C([2H])([2H])[2H]. The van der Waals surface area contributed by atoms with E-state index in [1.165, 1.54) is 27.1 Å². The Balaban J connectivity index is 2.30. The summed E-state index contributed by atoms with van der Waals surface area (Å²) in [7, 11) is 2.79. The van der Waals surface area contributed by atoms with Crippen LogP contribution in [0, 0.1) is 24.1 Å². The van der Waals surface area contributed by atoms with Gasteiger partial charge in [0.15, 0.2) is 5.78 Å². The first kappa shape index (κ1) is 13.1. The number of halogens is 1. The minimum atomic E-state index is -3.26. The van der Waals surface area contributed by atoms with Gasteiger partial charge < -0.3 is 15.0 Å². The minimum absolute atomic E-state index is 0.00684. The van der Waals surface area contributed by atoms with Crippen LogP contribution >= 0.6 is 0 Å². The molecule has 0 saturated carbocycles. The Bertz CT molecular complexity index is 1690. The molecule has 0 aliphatic rings. The quantitative estimate of drug-likeness (QED) is 0.459. The molecule has 6 nitrogen and oxygen atoms in total. The van der Waals surface area contributed by atoms with Gasteiger partial charge in [0, 0.05) is 48.7 Å².